The van der Waals surface area contributed by atoms with Crippen LogP contribution >= 0.6 is 34.4 Å². The average molecular weight is 762 g/mol. The van der Waals surface area contributed by atoms with Gasteiger partial charge in [0.25, 0.3) is 0 Å². The molecule has 0 radical (unpaired) electrons. The molecule has 4 amide bonds. The number of alkyl halides is 1. The van der Waals surface area contributed by atoms with Crippen molar-refractivity contribution in [1.29, 1.82) is 0 Å². The lowest BCUT2D eigenvalue weighted by Gasteiger charge is -2.16. The fourth-order valence-corrected chi connectivity index (χ4v) is 6.82. The Morgan fingerprint density at radius 3 is 2.47 bits per heavy atom. The zero-order chi connectivity index (χ0) is 32.8. The maximum Gasteiger partial charge on any atom is 0.324 e. The lowest BCUT2D eigenvalue weighted by molar-refractivity contribution is 0.222. The molecule has 3 heterocycles. The van der Waals surface area contributed by atoms with Gasteiger partial charge in [-0.25, -0.2) is 19.3 Å². The monoisotopic (exact) mass is 761 g/mol. The molecule has 3 N–H and O–H groups in total. The molecule has 0 bridgehead atoms. The first kappa shape index (κ1) is 32.6. The van der Waals surface area contributed by atoms with Crippen molar-refractivity contribution < 1.29 is 14.3 Å². The summed E-state index contributed by atoms with van der Waals surface area (Å²) in [4.78, 5) is 33.3. The van der Waals surface area contributed by atoms with Gasteiger partial charge in [-0.3, -0.25) is 10.6 Å². The lowest BCUT2D eigenvalue weighted by atomic mass is 10.1. The van der Waals surface area contributed by atoms with E-state index in [-0.39, 0.29) is 16.0 Å². The van der Waals surface area contributed by atoms with Crippen LogP contribution < -0.4 is 20.7 Å². The molecule has 6 rings (SSSR count). The number of carbonyl (C=O) groups is 2. The minimum atomic E-state index is -0.384. The Balaban J connectivity index is 1.21. The first-order valence-electron chi connectivity index (χ1n) is 15.6. The highest BCUT2D eigenvalue weighted by Gasteiger charge is 2.20. The van der Waals surface area contributed by atoms with E-state index >= 15 is 0 Å². The molecule has 0 spiro atoms. The Hall–Kier alpha value is -4.30. The van der Waals surface area contributed by atoms with Crippen molar-refractivity contribution in [2.75, 3.05) is 35.3 Å². The second kappa shape index (κ2) is 15.1. The van der Waals surface area contributed by atoms with Gasteiger partial charge in [0.05, 0.1) is 21.0 Å². The molecule has 242 valence electrons. The molecule has 5 aromatic rings. The van der Waals surface area contributed by atoms with Gasteiger partial charge in [-0.1, -0.05) is 60.2 Å². The summed E-state index contributed by atoms with van der Waals surface area (Å²) < 4.78 is 8.28. The number of benzene rings is 3. The molecule has 0 saturated carbocycles. The summed E-state index contributed by atoms with van der Waals surface area (Å²) >= 11 is 4.09. The summed E-state index contributed by atoms with van der Waals surface area (Å²) in [5.41, 5.74) is 2.41. The smallest absolute Gasteiger partial charge is 0.324 e. The third kappa shape index (κ3) is 7.82. The van der Waals surface area contributed by atoms with Gasteiger partial charge in [0.15, 0.2) is 0 Å². The number of thioether (sulfide) groups is 1. The van der Waals surface area contributed by atoms with Gasteiger partial charge >= 0.3 is 12.1 Å². The van der Waals surface area contributed by atoms with Crippen LogP contribution in [0.3, 0.4) is 0 Å². The van der Waals surface area contributed by atoms with E-state index < -0.39 is 0 Å². The number of halogens is 1. The van der Waals surface area contributed by atoms with Crippen molar-refractivity contribution in [3.8, 4) is 17.2 Å². The van der Waals surface area contributed by atoms with E-state index in [4.69, 9.17) is 9.84 Å². The average Bonchev–Trinajstić information content (AvgIpc) is 3.78. The Bertz CT molecular complexity index is 1880. The second-order valence-electron chi connectivity index (χ2n) is 11.2. The molecule has 12 heteroatoms. The Kier molecular flexibility index (Phi) is 10.5. The first-order valence-corrected chi connectivity index (χ1v) is 18.1. The zero-order valence-corrected chi connectivity index (χ0v) is 29.2. The number of pyridine rings is 1. The number of amides is 4. The van der Waals surface area contributed by atoms with Gasteiger partial charge in [0, 0.05) is 47.1 Å². The standard InChI is InChI=1S/C35H36IN7O3S/c1-3-8-28(36)30-22-33(43(41-30)23-11-13-25(47-2)14-12-23)40-34(44)38-29-15-16-31(27-10-5-4-9-26(27)29)46-24-17-18-37-32(21-24)39-35(45)42-19-6-7-20-42/h4-5,9-18,21-22,28H,3,6-8,19-20H2,1-2H3,(H,37,39,45)(H2,38,40,44). The van der Waals surface area contributed by atoms with Crippen molar-refractivity contribution >= 4 is 74.5 Å². The number of hydrogen-bond acceptors (Lipinski definition) is 6. The number of urea groups is 2. The summed E-state index contributed by atoms with van der Waals surface area (Å²) in [6.45, 7) is 3.66. The molecule has 1 saturated heterocycles. The summed E-state index contributed by atoms with van der Waals surface area (Å²) in [5, 5.41) is 15.4. The van der Waals surface area contributed by atoms with Gasteiger partial charge in [-0.2, -0.15) is 5.10 Å². The first-order chi connectivity index (χ1) is 22.9. The summed E-state index contributed by atoms with van der Waals surface area (Å²) in [7, 11) is 0. The summed E-state index contributed by atoms with van der Waals surface area (Å²) in [6.07, 6.45) is 7.70. The highest BCUT2D eigenvalue weighted by molar-refractivity contribution is 14.1. The maximum absolute atomic E-state index is 13.5. The number of nitrogens with zero attached hydrogens (tertiary/aromatic N) is 4. The molecule has 2 aromatic heterocycles. The van der Waals surface area contributed by atoms with Crippen LogP contribution in [-0.2, 0) is 0 Å². The molecule has 0 aliphatic carbocycles. The fourth-order valence-electron chi connectivity index (χ4n) is 5.48. The number of aromatic nitrogens is 3. The SMILES string of the molecule is CCCC(I)c1cc(NC(=O)Nc2ccc(Oc3ccnc(NC(=O)N4CCCC4)c3)c3ccccc23)n(-c2ccc(SC)cc2)n1. The third-order valence-corrected chi connectivity index (χ3v) is 9.87. The largest absolute Gasteiger partial charge is 0.457 e. The predicted octanol–water partition coefficient (Wildman–Crippen LogP) is 9.48. The molecule has 1 aliphatic heterocycles. The van der Waals surface area contributed by atoms with Crippen LogP contribution in [-0.4, -0.2) is 51.1 Å². The number of hydrogen-bond donors (Lipinski definition) is 3. The molecular weight excluding hydrogens is 725 g/mol. The number of carbonyl (C=O) groups excluding carboxylic acids is 2. The highest BCUT2D eigenvalue weighted by atomic mass is 127. The van der Waals surface area contributed by atoms with Crippen molar-refractivity contribution in [2.24, 2.45) is 0 Å². The fraction of sp³-hybridized carbons (Fsp3) is 0.257. The van der Waals surface area contributed by atoms with Crippen molar-refractivity contribution in [1.82, 2.24) is 19.7 Å². The number of likely N-dealkylation sites (tertiary alicyclic amines) is 1. The molecule has 1 unspecified atom stereocenters. The van der Waals surface area contributed by atoms with Crippen molar-refractivity contribution in [2.45, 2.75) is 41.4 Å². The molecule has 1 aliphatic rings. The van der Waals surface area contributed by atoms with Crippen LogP contribution in [0.25, 0.3) is 16.5 Å². The van der Waals surface area contributed by atoms with Crippen LogP contribution in [0, 0.1) is 0 Å². The van der Waals surface area contributed by atoms with E-state index in [1.54, 1.807) is 39.7 Å². The van der Waals surface area contributed by atoms with E-state index in [9.17, 15) is 9.59 Å². The highest BCUT2D eigenvalue weighted by Crippen LogP contribution is 2.35. The number of fused-ring (bicyclic) bond motifs is 1. The Morgan fingerprint density at radius 2 is 1.72 bits per heavy atom. The van der Waals surface area contributed by atoms with Crippen LogP contribution in [0.5, 0.6) is 11.5 Å². The van der Waals surface area contributed by atoms with Crippen LogP contribution in [0.15, 0.2) is 90.0 Å². The van der Waals surface area contributed by atoms with Gasteiger partial charge in [0.2, 0.25) is 0 Å². The van der Waals surface area contributed by atoms with Gasteiger partial charge in [0.1, 0.15) is 23.1 Å². The predicted molar refractivity (Wildman–Crippen MR) is 198 cm³/mol. The molecule has 1 fully saturated rings. The number of nitrogens with one attached hydrogen (secondary N) is 3. The minimum absolute atomic E-state index is 0.158. The number of rotatable bonds is 10. The normalized spacial score (nSPS) is 13.4. The Morgan fingerprint density at radius 1 is 0.957 bits per heavy atom. The molecule has 1 atom stereocenters. The van der Waals surface area contributed by atoms with E-state index in [1.807, 2.05) is 73.0 Å². The van der Waals surface area contributed by atoms with E-state index in [1.165, 1.54) is 0 Å². The van der Waals surface area contributed by atoms with E-state index in [0.717, 1.165) is 65.8 Å². The van der Waals surface area contributed by atoms with Gasteiger partial charge in [-0.05, 0) is 68.0 Å². The van der Waals surface area contributed by atoms with E-state index in [2.05, 4.69) is 50.4 Å². The number of anilines is 3. The quantitative estimate of drug-likeness (QED) is 0.0743. The zero-order valence-electron chi connectivity index (χ0n) is 26.2. The van der Waals surface area contributed by atoms with Crippen LogP contribution in [0.1, 0.15) is 42.2 Å². The molecule has 47 heavy (non-hydrogen) atoms. The molecular formula is C35H36IN7O3S. The second-order valence-corrected chi connectivity index (χ2v) is 13.5. The molecule has 10 nitrogen and oxygen atoms in total. The number of ether oxygens (including phenoxy) is 1. The Labute approximate surface area is 291 Å². The maximum atomic E-state index is 13.5. The van der Waals surface area contributed by atoms with Gasteiger partial charge < -0.3 is 15.0 Å². The van der Waals surface area contributed by atoms with Crippen LogP contribution in [0.4, 0.5) is 26.9 Å². The van der Waals surface area contributed by atoms with Crippen LogP contribution in [0.2, 0.25) is 0 Å². The minimum Gasteiger partial charge on any atom is -0.457 e. The molecule has 3 aromatic carbocycles. The topological polar surface area (TPSA) is 113 Å². The lowest BCUT2D eigenvalue weighted by Crippen LogP contribution is -2.32. The third-order valence-electron chi connectivity index (χ3n) is 7.87. The van der Waals surface area contributed by atoms with E-state index in [0.29, 0.717) is 28.8 Å². The summed E-state index contributed by atoms with van der Waals surface area (Å²) in [5.74, 6) is 2.15. The van der Waals surface area contributed by atoms with Gasteiger partial charge in [-0.15, -0.1) is 11.8 Å². The summed E-state index contributed by atoms with van der Waals surface area (Å²) in [6, 6.07) is 24.3. The van der Waals surface area contributed by atoms with Crippen molar-refractivity contribution in [3.63, 3.8) is 0 Å². The van der Waals surface area contributed by atoms with Crippen molar-refractivity contribution in [3.05, 3.63) is 90.8 Å².